The number of nitrogens with one attached hydrogen (secondary N) is 1. The number of amides is 1. The fourth-order valence-corrected chi connectivity index (χ4v) is 5.32. The zero-order valence-corrected chi connectivity index (χ0v) is 21.3. The van der Waals surface area contributed by atoms with Crippen molar-refractivity contribution in [1.82, 2.24) is 9.62 Å². The molecule has 3 atom stereocenters. The van der Waals surface area contributed by atoms with Crippen molar-refractivity contribution in [3.63, 3.8) is 0 Å². The Morgan fingerprint density at radius 1 is 1.24 bits per heavy atom. The number of non-ortho nitro benzene ring substituents is 1. The molecular formula is C25H33N3O8S. The molecule has 1 heterocycles. The highest BCUT2D eigenvalue weighted by Gasteiger charge is 2.32. The molecule has 1 amide bonds. The number of alkyl carbamates (subject to hydrolysis) is 1. The van der Waals surface area contributed by atoms with E-state index in [9.17, 15) is 28.4 Å². The molecule has 11 nitrogen and oxygen atoms in total. The lowest BCUT2D eigenvalue weighted by atomic mass is 10.0. The number of carbonyl (C=O) groups is 1. The standard InChI is InChI=1S/C25H33N3O8S/c1-18(2)15-27(37(33,34)22-10-8-20(9-11-22)28(31)32)16-24(29)23(14-19-6-4-3-5-7-19)26-25(30)36-21-12-13-35-17-21/h3-11,18,21,23-24,29H,12-17H2,1-2H3,(H,26,30)/t21-,23-,24+/m0/s1/i13D2,17D2. The number of aliphatic hydroxyl groups excluding tert-OH is 1. The number of nitro benzene ring substituents is 1. The smallest absolute Gasteiger partial charge is 0.407 e. The summed E-state index contributed by atoms with van der Waals surface area (Å²) in [5.74, 6) is -0.167. The lowest BCUT2D eigenvalue weighted by Crippen LogP contribution is -2.51. The normalized spacial score (nSPS) is 21.8. The van der Waals surface area contributed by atoms with Gasteiger partial charge in [-0.25, -0.2) is 13.2 Å². The molecule has 0 radical (unpaired) electrons. The third kappa shape index (κ3) is 8.22. The fraction of sp³-hybridized carbons (Fsp3) is 0.480. The molecule has 1 aliphatic rings. The van der Waals surface area contributed by atoms with E-state index in [1.807, 2.05) is 0 Å². The second-order valence-corrected chi connectivity index (χ2v) is 10.9. The molecule has 0 unspecified atom stereocenters. The maximum atomic E-state index is 13.5. The maximum Gasteiger partial charge on any atom is 0.407 e. The van der Waals surface area contributed by atoms with Gasteiger partial charge in [-0.05, 0) is 30.0 Å². The Morgan fingerprint density at radius 3 is 2.49 bits per heavy atom. The van der Waals surface area contributed by atoms with Gasteiger partial charge >= 0.3 is 6.09 Å². The van der Waals surface area contributed by atoms with Crippen LogP contribution < -0.4 is 5.32 Å². The number of carbonyl (C=O) groups excluding carboxylic acids is 1. The number of aliphatic hydroxyl groups is 1. The summed E-state index contributed by atoms with van der Waals surface area (Å²) in [6.07, 6.45) is -4.67. The van der Waals surface area contributed by atoms with Crippen LogP contribution in [-0.2, 0) is 25.9 Å². The minimum atomic E-state index is -4.22. The van der Waals surface area contributed by atoms with Crippen molar-refractivity contribution >= 4 is 21.8 Å². The van der Waals surface area contributed by atoms with Crippen LogP contribution >= 0.6 is 0 Å². The van der Waals surface area contributed by atoms with Crippen molar-refractivity contribution in [2.75, 3.05) is 26.2 Å². The number of ether oxygens (including phenoxy) is 2. The minimum absolute atomic E-state index is 0.00636. The Labute approximate surface area is 222 Å². The van der Waals surface area contributed by atoms with Gasteiger partial charge in [-0.1, -0.05) is 44.2 Å². The van der Waals surface area contributed by atoms with Gasteiger partial charge in [-0.3, -0.25) is 10.1 Å². The molecule has 1 fully saturated rings. The van der Waals surface area contributed by atoms with Crippen LogP contribution in [-0.4, -0.2) is 73.3 Å². The Bertz CT molecular complexity index is 1310. The van der Waals surface area contributed by atoms with E-state index in [2.05, 4.69) is 10.1 Å². The van der Waals surface area contributed by atoms with Crippen LogP contribution in [0.25, 0.3) is 0 Å². The molecule has 12 heteroatoms. The van der Waals surface area contributed by atoms with Crippen LogP contribution in [0.5, 0.6) is 0 Å². The van der Waals surface area contributed by atoms with Crippen molar-refractivity contribution in [2.24, 2.45) is 5.92 Å². The van der Waals surface area contributed by atoms with Crippen LogP contribution in [0.2, 0.25) is 0 Å². The summed E-state index contributed by atoms with van der Waals surface area (Å²) in [5, 5.41) is 24.7. The van der Waals surface area contributed by atoms with E-state index in [-0.39, 0.29) is 29.5 Å². The monoisotopic (exact) mass is 539 g/mol. The first kappa shape index (κ1) is 23.1. The number of rotatable bonds is 12. The van der Waals surface area contributed by atoms with Gasteiger partial charge in [0.05, 0.1) is 40.6 Å². The summed E-state index contributed by atoms with van der Waals surface area (Å²) in [7, 11) is -4.22. The minimum Gasteiger partial charge on any atom is -0.444 e. The van der Waals surface area contributed by atoms with E-state index in [0.29, 0.717) is 5.56 Å². The molecule has 2 aromatic carbocycles. The number of nitrogens with zero attached hydrogens (tertiary/aromatic N) is 2. The highest BCUT2D eigenvalue weighted by molar-refractivity contribution is 7.89. The molecule has 0 saturated carbocycles. The quantitative estimate of drug-likeness (QED) is 0.309. The summed E-state index contributed by atoms with van der Waals surface area (Å²) >= 11 is 0. The fourth-order valence-electron chi connectivity index (χ4n) is 3.70. The SMILES string of the molecule is [2H]C1([2H])C[C@H](OC(=O)N[C@@H](Cc2ccccc2)[C@H](O)CN(CC(C)C)S(=O)(=O)c2ccc([N+](=O)[O-])cc2)C([2H])([2H])O1. The summed E-state index contributed by atoms with van der Waals surface area (Å²) in [6.45, 7) is -1.84. The van der Waals surface area contributed by atoms with Gasteiger partial charge in [-0.15, -0.1) is 0 Å². The van der Waals surface area contributed by atoms with Gasteiger partial charge in [0.25, 0.3) is 5.69 Å². The largest absolute Gasteiger partial charge is 0.444 e. The predicted octanol–water partition coefficient (Wildman–Crippen LogP) is 2.73. The van der Waals surface area contributed by atoms with Crippen molar-refractivity contribution in [2.45, 2.75) is 49.8 Å². The molecule has 1 saturated heterocycles. The molecule has 0 spiro atoms. The summed E-state index contributed by atoms with van der Waals surface area (Å²) < 4.78 is 68.7. The molecule has 3 rings (SSSR count). The van der Waals surface area contributed by atoms with Crippen molar-refractivity contribution < 1.29 is 38.2 Å². The first-order valence-corrected chi connectivity index (χ1v) is 13.1. The summed E-state index contributed by atoms with van der Waals surface area (Å²) in [6, 6.07) is 12.0. The molecule has 0 aliphatic carbocycles. The summed E-state index contributed by atoms with van der Waals surface area (Å²) in [5.41, 5.74) is 0.413. The van der Waals surface area contributed by atoms with Crippen LogP contribution in [0.3, 0.4) is 0 Å². The molecular weight excluding hydrogens is 502 g/mol. The number of hydrogen-bond donors (Lipinski definition) is 2. The number of benzene rings is 2. The van der Waals surface area contributed by atoms with Gasteiger partial charge in [0.1, 0.15) is 6.10 Å². The Morgan fingerprint density at radius 2 is 1.92 bits per heavy atom. The van der Waals surface area contributed by atoms with Gasteiger partial charge in [-0.2, -0.15) is 4.31 Å². The topological polar surface area (TPSA) is 148 Å². The number of sulfonamides is 1. The van der Waals surface area contributed by atoms with Crippen LogP contribution in [0.1, 0.15) is 31.3 Å². The lowest BCUT2D eigenvalue weighted by Gasteiger charge is -2.30. The van der Waals surface area contributed by atoms with Crippen LogP contribution in [0.4, 0.5) is 10.5 Å². The molecule has 202 valence electrons. The Kier molecular flexibility index (Phi) is 8.08. The van der Waals surface area contributed by atoms with E-state index >= 15 is 0 Å². The molecule has 2 aromatic rings. The molecule has 37 heavy (non-hydrogen) atoms. The average molecular weight is 540 g/mol. The zero-order valence-electron chi connectivity index (χ0n) is 24.4. The van der Waals surface area contributed by atoms with E-state index in [1.165, 1.54) is 0 Å². The van der Waals surface area contributed by atoms with E-state index in [1.54, 1.807) is 44.2 Å². The van der Waals surface area contributed by atoms with Crippen LogP contribution in [0, 0.1) is 16.0 Å². The Balaban J connectivity index is 1.84. The first-order valence-electron chi connectivity index (χ1n) is 13.6. The summed E-state index contributed by atoms with van der Waals surface area (Å²) in [4.78, 5) is 22.9. The highest BCUT2D eigenvalue weighted by atomic mass is 32.2. The van der Waals surface area contributed by atoms with Crippen molar-refractivity contribution in [3.8, 4) is 0 Å². The predicted molar refractivity (Wildman–Crippen MR) is 135 cm³/mol. The third-order valence-corrected chi connectivity index (χ3v) is 7.34. The second kappa shape index (κ2) is 13.0. The highest BCUT2D eigenvalue weighted by Crippen LogP contribution is 2.22. The van der Waals surface area contributed by atoms with E-state index < -0.39 is 65.4 Å². The lowest BCUT2D eigenvalue weighted by molar-refractivity contribution is -0.384. The third-order valence-electron chi connectivity index (χ3n) is 5.49. The number of hydrogen-bond acceptors (Lipinski definition) is 8. The van der Waals surface area contributed by atoms with Crippen molar-refractivity contribution in [3.05, 3.63) is 70.3 Å². The van der Waals surface area contributed by atoms with Gasteiger partial charge in [0.15, 0.2) is 0 Å². The zero-order chi connectivity index (χ0) is 30.6. The molecule has 2 N–H and O–H groups in total. The van der Waals surface area contributed by atoms with Gasteiger partial charge in [0, 0.05) is 31.6 Å². The van der Waals surface area contributed by atoms with E-state index in [0.717, 1.165) is 28.6 Å². The van der Waals surface area contributed by atoms with Gasteiger partial charge in [0.2, 0.25) is 10.0 Å². The number of nitro groups is 1. The van der Waals surface area contributed by atoms with Crippen molar-refractivity contribution in [1.29, 1.82) is 0 Å². The maximum absolute atomic E-state index is 13.5. The molecule has 1 aliphatic heterocycles. The second-order valence-electron chi connectivity index (χ2n) is 8.94. The average Bonchev–Trinajstić information content (AvgIpc) is 3.08. The Hall–Kier alpha value is -3.06. The molecule has 0 aromatic heterocycles. The van der Waals surface area contributed by atoms with Crippen LogP contribution in [0.15, 0.2) is 59.5 Å². The first-order chi connectivity index (χ1) is 19.0. The molecule has 0 bridgehead atoms. The van der Waals surface area contributed by atoms with E-state index in [4.69, 9.17) is 10.2 Å². The van der Waals surface area contributed by atoms with Gasteiger partial charge < -0.3 is 19.9 Å².